The second kappa shape index (κ2) is 7.43. The van der Waals surface area contributed by atoms with Gasteiger partial charge in [0, 0.05) is 30.5 Å². The van der Waals surface area contributed by atoms with Gasteiger partial charge in [-0.2, -0.15) is 0 Å². The van der Waals surface area contributed by atoms with Gasteiger partial charge in [-0.05, 0) is 42.5 Å². The lowest BCUT2D eigenvalue weighted by atomic mass is 9.94. The Morgan fingerprint density at radius 3 is 2.26 bits per heavy atom. The van der Waals surface area contributed by atoms with Gasteiger partial charge in [0.2, 0.25) is 0 Å². The number of aryl methyl sites for hydroxylation is 1. The number of fused-ring (bicyclic) bond motifs is 4. The maximum absolute atomic E-state index is 4.71. The molecule has 5 heteroatoms. The van der Waals surface area contributed by atoms with Gasteiger partial charge < -0.3 is 4.57 Å². The Labute approximate surface area is 182 Å². The van der Waals surface area contributed by atoms with E-state index >= 15 is 0 Å². The summed E-state index contributed by atoms with van der Waals surface area (Å²) in [4.78, 5) is 7.06. The van der Waals surface area contributed by atoms with E-state index in [4.69, 9.17) is 5.10 Å². The Morgan fingerprint density at radius 1 is 0.871 bits per heavy atom. The van der Waals surface area contributed by atoms with E-state index in [2.05, 4.69) is 93.2 Å². The molecule has 1 saturated heterocycles. The van der Waals surface area contributed by atoms with E-state index in [0.29, 0.717) is 6.04 Å². The fourth-order valence-corrected chi connectivity index (χ4v) is 5.39. The fraction of sp³-hybridized carbons (Fsp3) is 0.269. The van der Waals surface area contributed by atoms with Crippen LogP contribution in [0.3, 0.4) is 0 Å². The third-order valence-corrected chi connectivity index (χ3v) is 6.69. The SMILES string of the molecule is Cc1cncc(-c2nnc3n2CC2CCC3N2C(c2ccccc2)c2ccccc2)c1. The minimum Gasteiger partial charge on any atom is -0.308 e. The Hall–Kier alpha value is -3.31. The van der Waals surface area contributed by atoms with Crippen LogP contribution in [0.1, 0.15) is 47.4 Å². The lowest BCUT2D eigenvalue weighted by Crippen LogP contribution is -2.43. The topological polar surface area (TPSA) is 46.8 Å². The van der Waals surface area contributed by atoms with E-state index in [1.165, 1.54) is 17.5 Å². The number of rotatable bonds is 4. The fourth-order valence-electron chi connectivity index (χ4n) is 5.39. The second-order valence-corrected chi connectivity index (χ2v) is 8.66. The molecule has 0 saturated carbocycles. The molecular formula is C26H25N5. The highest BCUT2D eigenvalue weighted by atomic mass is 15.4. The summed E-state index contributed by atoms with van der Waals surface area (Å²) in [5, 5.41) is 9.32. The first-order valence-corrected chi connectivity index (χ1v) is 11.0. The van der Waals surface area contributed by atoms with Gasteiger partial charge in [-0.1, -0.05) is 60.7 Å². The molecule has 2 bridgehead atoms. The molecule has 2 aromatic carbocycles. The molecule has 6 rings (SSSR count). The van der Waals surface area contributed by atoms with Crippen molar-refractivity contribution in [3.8, 4) is 11.4 Å². The molecule has 2 atom stereocenters. The Bertz CT molecular complexity index is 1160. The highest BCUT2D eigenvalue weighted by molar-refractivity contribution is 5.55. The van der Waals surface area contributed by atoms with Crippen LogP contribution in [0.5, 0.6) is 0 Å². The minimum absolute atomic E-state index is 0.217. The van der Waals surface area contributed by atoms with Crippen molar-refractivity contribution in [2.24, 2.45) is 0 Å². The molecule has 2 aliphatic heterocycles. The molecule has 2 unspecified atom stereocenters. The molecule has 0 amide bonds. The van der Waals surface area contributed by atoms with Gasteiger partial charge >= 0.3 is 0 Å². The highest BCUT2D eigenvalue weighted by Gasteiger charge is 2.46. The molecule has 2 aromatic heterocycles. The number of nitrogens with zero attached hydrogens (tertiary/aromatic N) is 5. The zero-order chi connectivity index (χ0) is 20.8. The molecule has 31 heavy (non-hydrogen) atoms. The van der Waals surface area contributed by atoms with E-state index in [-0.39, 0.29) is 12.1 Å². The standard InChI is InChI=1S/C26H25N5/c1-18-14-21(16-27-15-18)25-28-29-26-23-13-12-22(17-30(25)26)31(23)24(19-8-4-2-5-9-19)20-10-6-3-7-11-20/h2-11,14-16,22-24H,12-13,17H2,1H3. The van der Waals surface area contributed by atoms with Crippen molar-refractivity contribution in [2.45, 2.75) is 44.4 Å². The first-order chi connectivity index (χ1) is 15.3. The van der Waals surface area contributed by atoms with Crippen molar-refractivity contribution in [2.75, 3.05) is 0 Å². The predicted molar refractivity (Wildman–Crippen MR) is 120 cm³/mol. The van der Waals surface area contributed by atoms with Crippen LogP contribution in [0.4, 0.5) is 0 Å². The largest absolute Gasteiger partial charge is 0.308 e. The number of hydrogen-bond acceptors (Lipinski definition) is 4. The van der Waals surface area contributed by atoms with E-state index in [1.54, 1.807) is 0 Å². The van der Waals surface area contributed by atoms with Gasteiger partial charge in [-0.3, -0.25) is 9.88 Å². The Balaban J connectivity index is 1.44. The molecule has 4 heterocycles. The van der Waals surface area contributed by atoms with E-state index in [9.17, 15) is 0 Å². The minimum atomic E-state index is 0.217. The quantitative estimate of drug-likeness (QED) is 0.480. The van der Waals surface area contributed by atoms with Crippen molar-refractivity contribution in [1.29, 1.82) is 0 Å². The van der Waals surface area contributed by atoms with Gasteiger partial charge in [0.25, 0.3) is 0 Å². The maximum Gasteiger partial charge on any atom is 0.165 e. The van der Waals surface area contributed by atoms with Crippen LogP contribution in [0.2, 0.25) is 0 Å². The number of benzene rings is 2. The molecule has 4 aromatic rings. The van der Waals surface area contributed by atoms with Crippen LogP contribution in [0, 0.1) is 6.92 Å². The van der Waals surface area contributed by atoms with Crippen LogP contribution < -0.4 is 0 Å². The number of aromatic nitrogens is 4. The number of pyridine rings is 1. The number of hydrogen-bond donors (Lipinski definition) is 0. The Morgan fingerprint density at radius 2 is 1.58 bits per heavy atom. The second-order valence-electron chi connectivity index (χ2n) is 8.66. The smallest absolute Gasteiger partial charge is 0.165 e. The van der Waals surface area contributed by atoms with Crippen molar-refractivity contribution in [1.82, 2.24) is 24.6 Å². The summed E-state index contributed by atoms with van der Waals surface area (Å²) in [7, 11) is 0. The lowest BCUT2D eigenvalue weighted by Gasteiger charge is -2.41. The zero-order valence-corrected chi connectivity index (χ0v) is 17.6. The molecule has 0 aliphatic carbocycles. The van der Waals surface area contributed by atoms with E-state index in [1.807, 2.05) is 12.4 Å². The highest BCUT2D eigenvalue weighted by Crippen LogP contribution is 2.48. The summed E-state index contributed by atoms with van der Waals surface area (Å²) in [5.41, 5.74) is 4.86. The van der Waals surface area contributed by atoms with Gasteiger partial charge in [0.1, 0.15) is 0 Å². The molecule has 0 spiro atoms. The average Bonchev–Trinajstić information content (AvgIpc) is 3.36. The van der Waals surface area contributed by atoms with Crippen LogP contribution in [-0.4, -0.2) is 30.7 Å². The van der Waals surface area contributed by atoms with Crippen molar-refractivity contribution in [3.63, 3.8) is 0 Å². The first-order valence-electron chi connectivity index (χ1n) is 11.0. The van der Waals surface area contributed by atoms with Gasteiger partial charge in [0.05, 0.1) is 12.1 Å². The average molecular weight is 408 g/mol. The first kappa shape index (κ1) is 18.5. The van der Waals surface area contributed by atoms with Crippen LogP contribution in [0.15, 0.2) is 79.1 Å². The summed E-state index contributed by atoms with van der Waals surface area (Å²) in [5.74, 6) is 2.03. The predicted octanol–water partition coefficient (Wildman–Crippen LogP) is 4.96. The van der Waals surface area contributed by atoms with Crippen molar-refractivity contribution < 1.29 is 0 Å². The molecule has 5 nitrogen and oxygen atoms in total. The molecule has 0 radical (unpaired) electrons. The maximum atomic E-state index is 4.71. The Kier molecular flexibility index (Phi) is 4.42. The molecular weight excluding hydrogens is 382 g/mol. The summed E-state index contributed by atoms with van der Waals surface area (Å²) in [6.07, 6.45) is 6.07. The summed E-state index contributed by atoms with van der Waals surface area (Å²) in [6, 6.07) is 24.8. The molecule has 0 N–H and O–H groups in total. The molecule has 154 valence electrons. The monoisotopic (exact) mass is 407 g/mol. The van der Waals surface area contributed by atoms with Gasteiger partial charge in [-0.25, -0.2) is 0 Å². The van der Waals surface area contributed by atoms with Crippen molar-refractivity contribution >= 4 is 0 Å². The van der Waals surface area contributed by atoms with Crippen LogP contribution in [0.25, 0.3) is 11.4 Å². The molecule has 1 fully saturated rings. The van der Waals surface area contributed by atoms with E-state index in [0.717, 1.165) is 35.7 Å². The van der Waals surface area contributed by atoms with Gasteiger partial charge in [0.15, 0.2) is 11.6 Å². The summed E-state index contributed by atoms with van der Waals surface area (Å²) < 4.78 is 2.34. The van der Waals surface area contributed by atoms with Crippen LogP contribution in [-0.2, 0) is 6.54 Å². The zero-order valence-electron chi connectivity index (χ0n) is 17.6. The molecule has 2 aliphatic rings. The third kappa shape index (κ3) is 3.08. The normalized spacial score (nSPS) is 20.2. The van der Waals surface area contributed by atoms with Gasteiger partial charge in [-0.15, -0.1) is 10.2 Å². The summed E-state index contributed by atoms with van der Waals surface area (Å²) in [6.45, 7) is 2.98. The third-order valence-electron chi connectivity index (χ3n) is 6.69. The van der Waals surface area contributed by atoms with E-state index < -0.39 is 0 Å². The van der Waals surface area contributed by atoms with Crippen molar-refractivity contribution in [3.05, 3.63) is 102 Å². The summed E-state index contributed by atoms with van der Waals surface area (Å²) >= 11 is 0. The lowest BCUT2D eigenvalue weighted by molar-refractivity contribution is 0.107. The van der Waals surface area contributed by atoms with Crippen LogP contribution >= 0.6 is 0 Å².